The lowest BCUT2D eigenvalue weighted by atomic mass is 10.0. The average Bonchev–Trinajstić information content (AvgIpc) is 3.40. The topological polar surface area (TPSA) is 181 Å². The molecule has 0 radical (unpaired) electrons. The number of nitrogens with zero attached hydrogens (tertiary/aromatic N) is 2. The van der Waals surface area contributed by atoms with Gasteiger partial charge in [-0.3, -0.25) is 19.3 Å². The van der Waals surface area contributed by atoms with Gasteiger partial charge in [0, 0.05) is 23.6 Å². The first-order valence-electron chi connectivity index (χ1n) is 18.6. The van der Waals surface area contributed by atoms with E-state index in [0.29, 0.717) is 29.0 Å². The Hall–Kier alpha value is -4.44. The maximum Gasteiger partial charge on any atom is 0.410 e. The lowest BCUT2D eigenvalue weighted by Crippen LogP contribution is -2.58. The van der Waals surface area contributed by atoms with Crippen molar-refractivity contribution in [2.24, 2.45) is 5.92 Å². The molecule has 14 nitrogen and oxygen atoms in total. The molecule has 3 N–H and O–H groups in total. The molecule has 0 spiro atoms. The molecule has 2 aromatic rings. The van der Waals surface area contributed by atoms with Crippen LogP contribution in [-0.4, -0.2) is 84.0 Å². The minimum Gasteiger partial charge on any atom is -0.444 e. The van der Waals surface area contributed by atoms with Gasteiger partial charge in [0.2, 0.25) is 11.8 Å². The Morgan fingerprint density at radius 2 is 1.67 bits per heavy atom. The summed E-state index contributed by atoms with van der Waals surface area (Å²) in [6, 6.07) is 7.53. The molecule has 5 atom stereocenters. The largest absolute Gasteiger partial charge is 0.444 e. The Balaban J connectivity index is 1.26. The van der Waals surface area contributed by atoms with Crippen molar-refractivity contribution < 1.29 is 46.3 Å². The van der Waals surface area contributed by atoms with E-state index in [9.17, 15) is 36.8 Å². The minimum absolute atomic E-state index is 0.0139. The van der Waals surface area contributed by atoms with Crippen LogP contribution >= 0.6 is 11.6 Å². The van der Waals surface area contributed by atoms with Gasteiger partial charge >= 0.3 is 12.2 Å². The Kier molecular flexibility index (Phi) is 11.7. The summed E-state index contributed by atoms with van der Waals surface area (Å²) in [4.78, 5) is 71.3. The van der Waals surface area contributed by atoms with Crippen molar-refractivity contribution in [3.05, 3.63) is 64.4 Å². The summed E-state index contributed by atoms with van der Waals surface area (Å²) in [6.45, 7) is 4.96. The van der Waals surface area contributed by atoms with Crippen molar-refractivity contribution in [2.75, 3.05) is 6.54 Å². The summed E-state index contributed by atoms with van der Waals surface area (Å²) in [5, 5.41) is 5.79. The van der Waals surface area contributed by atoms with E-state index in [2.05, 4.69) is 15.4 Å². The fourth-order valence-corrected chi connectivity index (χ4v) is 8.80. The molecule has 6 rings (SSSR count). The summed E-state index contributed by atoms with van der Waals surface area (Å²) >= 11 is 5.93. The lowest BCUT2D eigenvalue weighted by molar-refractivity contribution is -0.141. The Labute approximate surface area is 324 Å². The number of hydrogen-bond donors (Lipinski definition) is 3. The molecule has 4 aliphatic rings. The third-order valence-electron chi connectivity index (χ3n) is 10.5. The van der Waals surface area contributed by atoms with Gasteiger partial charge in [0.05, 0.1) is 18.0 Å². The third-order valence-corrected chi connectivity index (χ3v) is 12.1. The number of amides is 5. The Morgan fingerprint density at radius 3 is 2.36 bits per heavy atom. The highest BCUT2D eigenvalue weighted by Gasteiger charge is 2.62. The molecule has 55 heavy (non-hydrogen) atoms. The van der Waals surface area contributed by atoms with Gasteiger partial charge in [-0.25, -0.2) is 27.1 Å². The second-order valence-electron chi connectivity index (χ2n) is 15.8. The van der Waals surface area contributed by atoms with Crippen LogP contribution in [0.2, 0.25) is 5.02 Å². The van der Waals surface area contributed by atoms with Gasteiger partial charge in [-0.15, -0.1) is 0 Å². The molecule has 298 valence electrons. The standard InChI is InChI=1S/C38H47ClFN5O9S/c1-37(2,3)54-35(49)41-30-13-8-6-4-5-7-11-24-19-38(24,34(48)43-55(51,52)27-16-14-25(39)15-17-27)42-32(46)31-18-26(21-45(31)33(30)47)53-36(50)44-20-23-10-9-12-29(40)28(23)22-44/h9-10,12,14-17,24,26,30-31H,4-8,11,13,18-22H2,1-3H3,(H,41,49)(H,42,46)(H,43,48)/t24-,26+,30-,31-,38+/m0/s1. The fraction of sp³-hybridized carbons (Fsp3) is 0.553. The zero-order valence-corrected chi connectivity index (χ0v) is 32.6. The van der Waals surface area contributed by atoms with Crippen LogP contribution in [0.25, 0.3) is 0 Å². The number of carbonyl (C=O) groups is 5. The highest BCUT2D eigenvalue weighted by Crippen LogP contribution is 2.48. The van der Waals surface area contributed by atoms with E-state index >= 15 is 0 Å². The van der Waals surface area contributed by atoms with Crippen LogP contribution in [-0.2, 0) is 47.0 Å². The number of sulfonamides is 1. The van der Waals surface area contributed by atoms with Crippen molar-refractivity contribution in [3.63, 3.8) is 0 Å². The predicted molar refractivity (Wildman–Crippen MR) is 197 cm³/mol. The predicted octanol–water partition coefficient (Wildman–Crippen LogP) is 4.92. The molecule has 3 fully saturated rings. The van der Waals surface area contributed by atoms with Gasteiger partial charge < -0.3 is 25.0 Å². The molecular formula is C38H47ClFN5O9S. The summed E-state index contributed by atoms with van der Waals surface area (Å²) in [7, 11) is -4.34. The number of nitrogens with one attached hydrogen (secondary N) is 3. The molecule has 0 unspecified atom stereocenters. The number of carbonyl (C=O) groups excluding carboxylic acids is 5. The lowest BCUT2D eigenvalue weighted by Gasteiger charge is -2.30. The van der Waals surface area contributed by atoms with Crippen LogP contribution in [0.1, 0.15) is 89.7 Å². The van der Waals surface area contributed by atoms with Gasteiger partial charge in [-0.2, -0.15) is 0 Å². The maximum absolute atomic E-state index is 14.5. The van der Waals surface area contributed by atoms with Crippen molar-refractivity contribution in [1.82, 2.24) is 25.2 Å². The number of hydrogen-bond acceptors (Lipinski definition) is 9. The van der Waals surface area contributed by atoms with E-state index < -0.39 is 75.1 Å². The zero-order chi connectivity index (χ0) is 39.7. The van der Waals surface area contributed by atoms with Crippen LogP contribution in [0.4, 0.5) is 14.0 Å². The molecule has 3 heterocycles. The first kappa shape index (κ1) is 40.2. The number of rotatable bonds is 5. The monoisotopic (exact) mass is 803 g/mol. The summed E-state index contributed by atoms with van der Waals surface area (Å²) in [6.07, 6.45) is 1.93. The van der Waals surface area contributed by atoms with Gasteiger partial charge in [0.25, 0.3) is 15.9 Å². The first-order valence-corrected chi connectivity index (χ1v) is 20.5. The normalized spacial score (nSPS) is 26.0. The second kappa shape index (κ2) is 16.0. The first-order chi connectivity index (χ1) is 26.0. The van der Waals surface area contributed by atoms with E-state index in [1.165, 1.54) is 40.1 Å². The molecule has 1 aliphatic carbocycles. The van der Waals surface area contributed by atoms with E-state index in [1.807, 2.05) is 0 Å². The zero-order valence-electron chi connectivity index (χ0n) is 31.1. The summed E-state index contributed by atoms with van der Waals surface area (Å²) < 4.78 is 54.4. The minimum atomic E-state index is -4.34. The number of ether oxygens (including phenoxy) is 2. The van der Waals surface area contributed by atoms with Crippen LogP contribution in [0.5, 0.6) is 0 Å². The van der Waals surface area contributed by atoms with Gasteiger partial charge in [0.1, 0.15) is 35.1 Å². The van der Waals surface area contributed by atoms with Crippen LogP contribution in [0.3, 0.4) is 0 Å². The molecule has 5 amide bonds. The fourth-order valence-electron chi connectivity index (χ4n) is 7.63. The van der Waals surface area contributed by atoms with Gasteiger partial charge in [-0.05, 0) is 81.8 Å². The molecule has 17 heteroatoms. The van der Waals surface area contributed by atoms with Crippen LogP contribution in [0.15, 0.2) is 47.4 Å². The highest BCUT2D eigenvalue weighted by molar-refractivity contribution is 7.90. The number of halogens is 2. The Morgan fingerprint density at radius 1 is 0.982 bits per heavy atom. The van der Waals surface area contributed by atoms with Crippen LogP contribution in [0, 0.1) is 11.7 Å². The highest BCUT2D eigenvalue weighted by atomic mass is 35.5. The molecule has 3 aliphatic heterocycles. The average molecular weight is 804 g/mol. The van der Waals surface area contributed by atoms with E-state index in [-0.39, 0.29) is 49.7 Å². The molecule has 0 bridgehead atoms. The molecule has 1 saturated carbocycles. The van der Waals surface area contributed by atoms with Gasteiger partial charge in [0.15, 0.2) is 0 Å². The summed E-state index contributed by atoms with van der Waals surface area (Å²) in [5.74, 6) is -3.07. The van der Waals surface area contributed by atoms with Crippen molar-refractivity contribution in [3.8, 4) is 0 Å². The van der Waals surface area contributed by atoms with E-state index in [0.717, 1.165) is 25.7 Å². The second-order valence-corrected chi connectivity index (χ2v) is 17.9. The molecule has 2 aromatic carbocycles. The van der Waals surface area contributed by atoms with E-state index in [1.54, 1.807) is 32.9 Å². The quantitative estimate of drug-likeness (QED) is 0.378. The van der Waals surface area contributed by atoms with Crippen molar-refractivity contribution in [1.29, 1.82) is 0 Å². The molecule has 0 aromatic heterocycles. The molecule has 2 saturated heterocycles. The van der Waals surface area contributed by atoms with E-state index in [4.69, 9.17) is 21.1 Å². The number of benzene rings is 2. The van der Waals surface area contributed by atoms with Crippen molar-refractivity contribution in [2.45, 2.75) is 126 Å². The smallest absolute Gasteiger partial charge is 0.410 e. The van der Waals surface area contributed by atoms with Gasteiger partial charge in [-0.1, -0.05) is 55.8 Å². The summed E-state index contributed by atoms with van der Waals surface area (Å²) in [5.41, 5.74) is -1.41. The SMILES string of the molecule is CC(C)(C)OC(=O)N[C@H]1CCCCCCC[C@H]2C[C@@]2(C(=O)NS(=O)(=O)c2ccc(Cl)cc2)NC(=O)[C@@H]2C[C@@H](OC(=O)N3Cc4cccc(F)c4C3)CN2C1=O. The Bertz CT molecular complexity index is 1940. The van der Waals surface area contributed by atoms with Crippen LogP contribution < -0.4 is 15.4 Å². The number of alkyl carbamates (subject to hydrolysis) is 1. The molecular weight excluding hydrogens is 757 g/mol. The number of fused-ring (bicyclic) bond motifs is 3. The van der Waals surface area contributed by atoms with Crippen molar-refractivity contribution >= 4 is 51.5 Å². The maximum atomic E-state index is 14.5. The third kappa shape index (κ3) is 9.34.